The number of halogens is 1. The van der Waals surface area contributed by atoms with Crippen LogP contribution in [-0.2, 0) is 21.7 Å². The zero-order valence-electron chi connectivity index (χ0n) is 10.8. The first-order chi connectivity index (χ1) is 9.27. The summed E-state index contributed by atoms with van der Waals surface area (Å²) in [5.41, 5.74) is 2.34. The number of piperidine rings is 1. The summed E-state index contributed by atoms with van der Waals surface area (Å²) in [4.78, 5) is 6.68. The van der Waals surface area contributed by atoms with Crippen LogP contribution in [0.25, 0.3) is 0 Å². The predicted octanol–water partition coefficient (Wildman–Crippen LogP) is 1.96. The summed E-state index contributed by atoms with van der Waals surface area (Å²) in [6.45, 7) is 4.60. The molecule has 4 rings (SSSR count). The van der Waals surface area contributed by atoms with Gasteiger partial charge in [0.25, 0.3) is 0 Å². The van der Waals surface area contributed by atoms with Crippen LogP contribution in [0.1, 0.15) is 24.0 Å². The van der Waals surface area contributed by atoms with Gasteiger partial charge in [0.05, 0.1) is 31.5 Å². The predicted molar refractivity (Wildman–Crippen MR) is 71.1 cm³/mol. The maximum Gasteiger partial charge on any atom is 0.129 e. The molecule has 0 N–H and O–H groups in total. The van der Waals surface area contributed by atoms with Gasteiger partial charge in [-0.25, -0.2) is 4.98 Å². The van der Waals surface area contributed by atoms with Crippen molar-refractivity contribution in [3.63, 3.8) is 0 Å². The van der Waals surface area contributed by atoms with Crippen molar-refractivity contribution in [3.8, 4) is 0 Å². The number of likely N-dealkylation sites (tertiary alicyclic amines) is 1. The number of nitrogens with zero attached hydrogens (tertiary/aromatic N) is 2. The first kappa shape index (κ1) is 12.1. The molecule has 3 aliphatic heterocycles. The van der Waals surface area contributed by atoms with Crippen LogP contribution < -0.4 is 0 Å². The number of fused-ring (bicyclic) bond motifs is 2. The van der Waals surface area contributed by atoms with Gasteiger partial charge in [0.2, 0.25) is 0 Å². The zero-order chi connectivity index (χ0) is 12.9. The molecule has 0 bridgehead atoms. The highest BCUT2D eigenvalue weighted by Crippen LogP contribution is 2.44. The van der Waals surface area contributed by atoms with Gasteiger partial charge in [0.15, 0.2) is 0 Å². The second-order valence-electron chi connectivity index (χ2n) is 5.67. The number of pyridine rings is 1. The molecular formula is C14H17ClN2O2. The van der Waals surface area contributed by atoms with Crippen LogP contribution in [0.15, 0.2) is 12.3 Å². The second kappa shape index (κ2) is 4.42. The van der Waals surface area contributed by atoms with Gasteiger partial charge < -0.3 is 9.47 Å². The van der Waals surface area contributed by atoms with Gasteiger partial charge in [-0.15, -0.1) is 0 Å². The van der Waals surface area contributed by atoms with Crippen LogP contribution in [-0.4, -0.2) is 42.2 Å². The summed E-state index contributed by atoms with van der Waals surface area (Å²) >= 11 is 6.04. The lowest BCUT2D eigenvalue weighted by molar-refractivity contribution is -0.119. The largest absolute Gasteiger partial charge is 0.378 e. The number of aromatic nitrogens is 1. The average Bonchev–Trinajstić information content (AvgIpc) is 2.69. The standard InChI is InChI=1S/C14H17ClN2O2/c15-13-5-12-10(6-16-13)7-19-14(12)1-3-17(4-2-14)11-8-18-9-11/h5-6,11H,1-4,7-9H2. The number of hydrogen-bond acceptors (Lipinski definition) is 4. The van der Waals surface area contributed by atoms with E-state index < -0.39 is 0 Å². The fraction of sp³-hybridized carbons (Fsp3) is 0.643. The van der Waals surface area contributed by atoms with E-state index in [-0.39, 0.29) is 5.60 Å². The summed E-state index contributed by atoms with van der Waals surface area (Å²) < 4.78 is 11.4. The van der Waals surface area contributed by atoms with Gasteiger partial charge in [-0.1, -0.05) is 11.6 Å². The molecular weight excluding hydrogens is 264 g/mol. The molecule has 1 spiro atoms. The highest BCUT2D eigenvalue weighted by atomic mass is 35.5. The van der Waals surface area contributed by atoms with Crippen molar-refractivity contribution >= 4 is 11.6 Å². The van der Waals surface area contributed by atoms with E-state index in [4.69, 9.17) is 21.1 Å². The number of rotatable bonds is 1. The Morgan fingerprint density at radius 1 is 1.32 bits per heavy atom. The third-order valence-electron chi connectivity index (χ3n) is 4.69. The van der Waals surface area contributed by atoms with Gasteiger partial charge in [-0.3, -0.25) is 4.90 Å². The molecule has 4 heterocycles. The molecule has 4 nitrogen and oxygen atoms in total. The first-order valence-corrected chi connectivity index (χ1v) is 7.25. The maximum absolute atomic E-state index is 6.13. The van der Waals surface area contributed by atoms with E-state index in [0.29, 0.717) is 17.8 Å². The molecule has 102 valence electrons. The van der Waals surface area contributed by atoms with E-state index >= 15 is 0 Å². The monoisotopic (exact) mass is 280 g/mol. The molecule has 0 aromatic carbocycles. The molecule has 0 amide bonds. The van der Waals surface area contributed by atoms with Crippen molar-refractivity contribution in [1.29, 1.82) is 0 Å². The Morgan fingerprint density at radius 2 is 2.11 bits per heavy atom. The fourth-order valence-electron chi connectivity index (χ4n) is 3.39. The van der Waals surface area contributed by atoms with E-state index in [1.807, 2.05) is 12.3 Å². The normalized spacial score (nSPS) is 26.4. The Labute approximate surface area is 117 Å². The van der Waals surface area contributed by atoms with Gasteiger partial charge >= 0.3 is 0 Å². The Morgan fingerprint density at radius 3 is 2.79 bits per heavy atom. The Balaban J connectivity index is 1.56. The summed E-state index contributed by atoms with van der Waals surface area (Å²) in [5.74, 6) is 0. The second-order valence-corrected chi connectivity index (χ2v) is 6.06. The van der Waals surface area contributed by atoms with Gasteiger partial charge in [0.1, 0.15) is 5.15 Å². The van der Waals surface area contributed by atoms with Crippen LogP contribution in [0.2, 0.25) is 5.15 Å². The molecule has 0 saturated carbocycles. The average molecular weight is 281 g/mol. The van der Waals surface area contributed by atoms with E-state index in [2.05, 4.69) is 9.88 Å². The summed E-state index contributed by atoms with van der Waals surface area (Å²) in [5, 5.41) is 0.568. The molecule has 1 aromatic heterocycles. The minimum absolute atomic E-state index is 0.122. The van der Waals surface area contributed by atoms with Gasteiger partial charge in [-0.05, 0) is 24.5 Å². The van der Waals surface area contributed by atoms with Crippen LogP contribution in [0.4, 0.5) is 0 Å². The quantitative estimate of drug-likeness (QED) is 0.737. The van der Waals surface area contributed by atoms with E-state index in [1.165, 1.54) is 11.1 Å². The third kappa shape index (κ3) is 1.89. The number of hydrogen-bond donors (Lipinski definition) is 0. The summed E-state index contributed by atoms with van der Waals surface area (Å²) in [6, 6.07) is 2.62. The Hall–Kier alpha value is -0.680. The van der Waals surface area contributed by atoms with E-state index in [9.17, 15) is 0 Å². The molecule has 0 atom stereocenters. The van der Waals surface area contributed by atoms with Crippen molar-refractivity contribution in [2.24, 2.45) is 0 Å². The molecule has 19 heavy (non-hydrogen) atoms. The first-order valence-electron chi connectivity index (χ1n) is 6.87. The van der Waals surface area contributed by atoms with E-state index in [0.717, 1.165) is 39.1 Å². The molecule has 2 fully saturated rings. The smallest absolute Gasteiger partial charge is 0.129 e. The van der Waals surface area contributed by atoms with Crippen molar-refractivity contribution in [2.45, 2.75) is 31.1 Å². The fourth-order valence-corrected chi connectivity index (χ4v) is 3.55. The van der Waals surface area contributed by atoms with Gasteiger partial charge in [-0.2, -0.15) is 0 Å². The Bertz CT molecular complexity index is 496. The minimum atomic E-state index is -0.122. The van der Waals surface area contributed by atoms with Gasteiger partial charge in [0, 0.05) is 24.8 Å². The van der Waals surface area contributed by atoms with Crippen molar-refractivity contribution in [2.75, 3.05) is 26.3 Å². The molecule has 1 aromatic rings. The lowest BCUT2D eigenvalue weighted by atomic mass is 9.84. The molecule has 0 radical (unpaired) electrons. The Kier molecular flexibility index (Phi) is 2.81. The van der Waals surface area contributed by atoms with Crippen molar-refractivity contribution in [1.82, 2.24) is 9.88 Å². The molecule has 5 heteroatoms. The topological polar surface area (TPSA) is 34.6 Å². The van der Waals surface area contributed by atoms with Crippen LogP contribution in [0, 0.1) is 0 Å². The lowest BCUT2D eigenvalue weighted by Crippen LogP contribution is -2.54. The van der Waals surface area contributed by atoms with Crippen molar-refractivity contribution in [3.05, 3.63) is 28.5 Å². The SMILES string of the molecule is Clc1cc2c(cn1)COC21CCN(C2COC2)CC1. The molecule has 0 unspecified atom stereocenters. The van der Waals surface area contributed by atoms with Crippen LogP contribution in [0.3, 0.4) is 0 Å². The minimum Gasteiger partial charge on any atom is -0.378 e. The summed E-state index contributed by atoms with van der Waals surface area (Å²) in [6.07, 6.45) is 3.94. The maximum atomic E-state index is 6.13. The van der Waals surface area contributed by atoms with E-state index in [1.54, 1.807) is 0 Å². The van der Waals surface area contributed by atoms with Crippen molar-refractivity contribution < 1.29 is 9.47 Å². The van der Waals surface area contributed by atoms with Crippen LogP contribution in [0.5, 0.6) is 0 Å². The molecule has 3 aliphatic rings. The van der Waals surface area contributed by atoms with Crippen LogP contribution >= 0.6 is 11.6 Å². The number of ether oxygens (including phenoxy) is 2. The highest BCUT2D eigenvalue weighted by Gasteiger charge is 2.44. The zero-order valence-corrected chi connectivity index (χ0v) is 11.5. The molecule has 2 saturated heterocycles. The third-order valence-corrected chi connectivity index (χ3v) is 4.90. The lowest BCUT2D eigenvalue weighted by Gasteiger charge is -2.45. The molecule has 0 aliphatic carbocycles. The highest BCUT2D eigenvalue weighted by molar-refractivity contribution is 6.29. The summed E-state index contributed by atoms with van der Waals surface area (Å²) in [7, 11) is 0.